The van der Waals surface area contributed by atoms with Gasteiger partial charge in [-0.2, -0.15) is 11.8 Å². The van der Waals surface area contributed by atoms with Crippen LogP contribution in [0.3, 0.4) is 0 Å². The van der Waals surface area contributed by atoms with Gasteiger partial charge in [0.1, 0.15) is 0 Å². The average Bonchev–Trinajstić information content (AvgIpc) is 2.00. The van der Waals surface area contributed by atoms with Crippen LogP contribution in [0.2, 0.25) is 0 Å². The fraction of sp³-hybridized carbons (Fsp3) is 1.00. The first-order chi connectivity index (χ1) is 5.95. The van der Waals surface area contributed by atoms with Gasteiger partial charge < -0.3 is 10.4 Å². The lowest BCUT2D eigenvalue weighted by Crippen LogP contribution is -2.41. The number of nitrogens with one attached hydrogen (secondary N) is 1. The fourth-order valence-corrected chi connectivity index (χ4v) is 1.69. The number of hydrogen-bond donors (Lipinski definition) is 2. The molecule has 0 aromatic carbocycles. The van der Waals surface area contributed by atoms with Crippen molar-refractivity contribution in [2.75, 3.05) is 18.1 Å². The SMILES string of the molecule is CCCSCC(O)CNC(C)(C)C. The number of aliphatic hydroxyl groups is 1. The van der Waals surface area contributed by atoms with E-state index in [1.54, 1.807) is 0 Å². The van der Waals surface area contributed by atoms with Gasteiger partial charge in [-0.25, -0.2) is 0 Å². The topological polar surface area (TPSA) is 32.3 Å². The maximum Gasteiger partial charge on any atom is 0.0755 e. The molecule has 0 saturated heterocycles. The van der Waals surface area contributed by atoms with Crippen molar-refractivity contribution in [1.29, 1.82) is 0 Å². The second-order valence-electron chi connectivity index (χ2n) is 4.36. The molecule has 0 aliphatic carbocycles. The molecule has 0 aliphatic rings. The van der Waals surface area contributed by atoms with Crippen molar-refractivity contribution in [3.8, 4) is 0 Å². The van der Waals surface area contributed by atoms with Crippen LogP contribution in [-0.2, 0) is 0 Å². The Morgan fingerprint density at radius 2 is 2.00 bits per heavy atom. The molecular weight excluding hydrogens is 182 g/mol. The molecule has 80 valence electrons. The Kier molecular flexibility index (Phi) is 6.82. The minimum Gasteiger partial charge on any atom is -0.391 e. The zero-order valence-corrected chi connectivity index (χ0v) is 10.1. The number of β-amino-alcohol motifs (C(OH)–C–C–N with tert-alkyl or cyclic N) is 1. The summed E-state index contributed by atoms with van der Waals surface area (Å²) in [7, 11) is 0. The molecule has 0 heterocycles. The molecule has 13 heavy (non-hydrogen) atoms. The van der Waals surface area contributed by atoms with Crippen LogP contribution in [0.15, 0.2) is 0 Å². The van der Waals surface area contributed by atoms with Gasteiger partial charge in [0.25, 0.3) is 0 Å². The van der Waals surface area contributed by atoms with E-state index in [4.69, 9.17) is 0 Å². The first-order valence-corrected chi connectivity index (χ1v) is 6.12. The van der Waals surface area contributed by atoms with Crippen molar-refractivity contribution in [1.82, 2.24) is 5.32 Å². The number of aliphatic hydroxyl groups excluding tert-OH is 1. The van der Waals surface area contributed by atoms with Crippen molar-refractivity contribution < 1.29 is 5.11 Å². The fourth-order valence-electron chi connectivity index (χ4n) is 0.847. The van der Waals surface area contributed by atoms with Gasteiger partial charge in [-0.1, -0.05) is 6.92 Å². The van der Waals surface area contributed by atoms with Crippen LogP contribution in [0, 0.1) is 0 Å². The molecule has 0 fully saturated rings. The summed E-state index contributed by atoms with van der Waals surface area (Å²) >= 11 is 1.82. The largest absolute Gasteiger partial charge is 0.391 e. The highest BCUT2D eigenvalue weighted by Gasteiger charge is 2.11. The van der Waals surface area contributed by atoms with Gasteiger partial charge in [0, 0.05) is 17.8 Å². The summed E-state index contributed by atoms with van der Waals surface area (Å²) in [6, 6.07) is 0. The van der Waals surface area contributed by atoms with Crippen molar-refractivity contribution in [3.63, 3.8) is 0 Å². The molecule has 2 N–H and O–H groups in total. The van der Waals surface area contributed by atoms with E-state index in [0.29, 0.717) is 6.54 Å². The Labute approximate surface area is 86.5 Å². The molecule has 0 spiro atoms. The lowest BCUT2D eigenvalue weighted by atomic mass is 10.1. The molecule has 0 aromatic rings. The molecule has 3 heteroatoms. The van der Waals surface area contributed by atoms with Gasteiger partial charge in [0.2, 0.25) is 0 Å². The van der Waals surface area contributed by atoms with Crippen LogP contribution in [0.25, 0.3) is 0 Å². The Bertz CT molecular complexity index is 123. The smallest absolute Gasteiger partial charge is 0.0755 e. The zero-order chi connectivity index (χ0) is 10.3. The Morgan fingerprint density at radius 3 is 2.46 bits per heavy atom. The zero-order valence-electron chi connectivity index (χ0n) is 9.26. The number of hydrogen-bond acceptors (Lipinski definition) is 3. The average molecular weight is 205 g/mol. The highest BCUT2D eigenvalue weighted by Crippen LogP contribution is 2.05. The Morgan fingerprint density at radius 1 is 1.38 bits per heavy atom. The number of thioether (sulfide) groups is 1. The van der Waals surface area contributed by atoms with Crippen LogP contribution in [0.5, 0.6) is 0 Å². The second-order valence-corrected chi connectivity index (χ2v) is 5.51. The van der Waals surface area contributed by atoms with E-state index in [1.165, 1.54) is 6.42 Å². The quantitative estimate of drug-likeness (QED) is 0.649. The van der Waals surface area contributed by atoms with Crippen LogP contribution < -0.4 is 5.32 Å². The van der Waals surface area contributed by atoms with Gasteiger partial charge in [-0.3, -0.25) is 0 Å². The Balaban J connectivity index is 3.35. The van der Waals surface area contributed by atoms with E-state index in [1.807, 2.05) is 11.8 Å². The normalized spacial score (nSPS) is 14.5. The summed E-state index contributed by atoms with van der Waals surface area (Å²) in [4.78, 5) is 0. The summed E-state index contributed by atoms with van der Waals surface area (Å²) in [5.74, 6) is 1.99. The molecule has 0 bridgehead atoms. The van der Waals surface area contributed by atoms with E-state index in [9.17, 15) is 5.11 Å². The van der Waals surface area contributed by atoms with Crippen LogP contribution >= 0.6 is 11.8 Å². The minimum atomic E-state index is -0.212. The van der Waals surface area contributed by atoms with E-state index in [0.717, 1.165) is 11.5 Å². The predicted molar refractivity (Wildman–Crippen MR) is 61.4 cm³/mol. The molecule has 1 unspecified atom stereocenters. The van der Waals surface area contributed by atoms with Gasteiger partial charge in [-0.15, -0.1) is 0 Å². The summed E-state index contributed by atoms with van der Waals surface area (Å²) in [5, 5.41) is 12.8. The highest BCUT2D eigenvalue weighted by molar-refractivity contribution is 7.99. The van der Waals surface area contributed by atoms with Gasteiger partial charge in [0.05, 0.1) is 6.10 Å². The monoisotopic (exact) mass is 205 g/mol. The van der Waals surface area contributed by atoms with Crippen molar-refractivity contribution in [3.05, 3.63) is 0 Å². The first-order valence-electron chi connectivity index (χ1n) is 4.96. The summed E-state index contributed by atoms with van der Waals surface area (Å²) in [5.41, 5.74) is 0.108. The van der Waals surface area contributed by atoms with Crippen molar-refractivity contribution >= 4 is 11.8 Å². The van der Waals surface area contributed by atoms with Crippen molar-refractivity contribution in [2.45, 2.75) is 45.8 Å². The maximum absolute atomic E-state index is 9.56. The minimum absolute atomic E-state index is 0.108. The third kappa shape index (κ3) is 10.2. The molecule has 0 aliphatic heterocycles. The van der Waals surface area contributed by atoms with Crippen LogP contribution in [0.4, 0.5) is 0 Å². The predicted octanol–water partition coefficient (Wildman–Crippen LogP) is 1.88. The summed E-state index contributed by atoms with van der Waals surface area (Å²) in [6.07, 6.45) is 0.972. The van der Waals surface area contributed by atoms with Gasteiger partial charge in [-0.05, 0) is 32.9 Å². The molecule has 0 amide bonds. The lowest BCUT2D eigenvalue weighted by molar-refractivity contribution is 0.183. The molecule has 0 rings (SSSR count). The maximum atomic E-state index is 9.56. The summed E-state index contributed by atoms with van der Waals surface area (Å²) in [6.45, 7) is 9.18. The molecule has 2 nitrogen and oxygen atoms in total. The summed E-state index contributed by atoms with van der Waals surface area (Å²) < 4.78 is 0. The standard InChI is InChI=1S/C10H23NOS/c1-5-6-13-8-9(12)7-11-10(2,3)4/h9,11-12H,5-8H2,1-4H3. The van der Waals surface area contributed by atoms with Gasteiger partial charge in [0.15, 0.2) is 0 Å². The molecular formula is C10H23NOS. The molecule has 0 saturated carbocycles. The van der Waals surface area contributed by atoms with E-state index >= 15 is 0 Å². The third-order valence-electron chi connectivity index (χ3n) is 1.53. The highest BCUT2D eigenvalue weighted by atomic mass is 32.2. The first kappa shape index (κ1) is 13.3. The molecule has 0 radical (unpaired) electrons. The van der Waals surface area contributed by atoms with Crippen molar-refractivity contribution in [2.24, 2.45) is 0 Å². The van der Waals surface area contributed by atoms with E-state index in [2.05, 4.69) is 33.0 Å². The lowest BCUT2D eigenvalue weighted by Gasteiger charge is -2.22. The van der Waals surface area contributed by atoms with E-state index in [-0.39, 0.29) is 11.6 Å². The Hall–Kier alpha value is 0.270. The third-order valence-corrected chi connectivity index (χ3v) is 2.84. The van der Waals surface area contributed by atoms with Gasteiger partial charge >= 0.3 is 0 Å². The molecule has 0 aromatic heterocycles. The molecule has 1 atom stereocenters. The number of rotatable bonds is 6. The van der Waals surface area contributed by atoms with Crippen LogP contribution in [-0.4, -0.2) is 34.8 Å². The van der Waals surface area contributed by atoms with E-state index < -0.39 is 0 Å². The van der Waals surface area contributed by atoms with Crippen LogP contribution in [0.1, 0.15) is 34.1 Å². The second kappa shape index (κ2) is 6.68.